The fourth-order valence-electron chi connectivity index (χ4n) is 2.71. The number of piperidine rings is 1. The minimum Gasteiger partial charge on any atom is -0.396 e. The fraction of sp³-hybridized carbons (Fsp3) is 0.412. The molecule has 0 saturated carbocycles. The van der Waals surface area contributed by atoms with Gasteiger partial charge in [0.15, 0.2) is 0 Å². The van der Waals surface area contributed by atoms with Crippen molar-refractivity contribution in [2.45, 2.75) is 19.8 Å². The van der Waals surface area contributed by atoms with Gasteiger partial charge in [-0.2, -0.15) is 0 Å². The molecule has 1 aliphatic rings. The van der Waals surface area contributed by atoms with Gasteiger partial charge in [-0.1, -0.05) is 35.0 Å². The lowest BCUT2D eigenvalue weighted by atomic mass is 9.98. The van der Waals surface area contributed by atoms with Crippen molar-refractivity contribution < 1.29 is 14.4 Å². The van der Waals surface area contributed by atoms with Crippen LogP contribution in [0.25, 0.3) is 11.3 Å². The molecule has 0 aliphatic carbocycles. The Balaban J connectivity index is 1.71. The van der Waals surface area contributed by atoms with Crippen LogP contribution in [0.15, 0.2) is 34.9 Å². The Hall–Kier alpha value is -2.14. The first kappa shape index (κ1) is 14.8. The highest BCUT2D eigenvalue weighted by Crippen LogP contribution is 2.22. The quantitative estimate of drug-likeness (QED) is 0.945. The van der Waals surface area contributed by atoms with Gasteiger partial charge in [0.25, 0.3) is 5.91 Å². The minimum atomic E-state index is -0.123. The van der Waals surface area contributed by atoms with Gasteiger partial charge in [0.05, 0.1) is 0 Å². The molecule has 1 aromatic heterocycles. The van der Waals surface area contributed by atoms with E-state index in [4.69, 9.17) is 9.63 Å². The number of amides is 1. The number of aromatic nitrogens is 1. The van der Waals surface area contributed by atoms with Crippen molar-refractivity contribution >= 4 is 5.91 Å². The van der Waals surface area contributed by atoms with Gasteiger partial charge in [0.2, 0.25) is 5.76 Å². The molecule has 0 unspecified atom stereocenters. The summed E-state index contributed by atoms with van der Waals surface area (Å²) < 4.78 is 5.23. The van der Waals surface area contributed by atoms with Crippen LogP contribution in [0.3, 0.4) is 0 Å². The Morgan fingerprint density at radius 1 is 1.32 bits per heavy atom. The lowest BCUT2D eigenvalue weighted by Gasteiger charge is -2.30. The first-order valence-corrected chi connectivity index (χ1v) is 7.61. The number of rotatable bonds is 3. The topological polar surface area (TPSA) is 66.6 Å². The normalized spacial score (nSPS) is 16.0. The number of hydrogen-bond acceptors (Lipinski definition) is 4. The third-order valence-electron chi connectivity index (χ3n) is 4.23. The molecule has 2 heterocycles. The zero-order valence-electron chi connectivity index (χ0n) is 12.7. The van der Waals surface area contributed by atoms with Gasteiger partial charge in [-0.25, -0.2) is 0 Å². The molecule has 1 aromatic carbocycles. The Labute approximate surface area is 129 Å². The number of carbonyl (C=O) groups is 1. The summed E-state index contributed by atoms with van der Waals surface area (Å²) in [4.78, 5) is 14.2. The highest BCUT2D eigenvalue weighted by molar-refractivity contribution is 5.92. The molecule has 5 nitrogen and oxygen atoms in total. The van der Waals surface area contributed by atoms with Crippen LogP contribution in [0.4, 0.5) is 0 Å². The van der Waals surface area contributed by atoms with Gasteiger partial charge in [0, 0.05) is 31.3 Å². The summed E-state index contributed by atoms with van der Waals surface area (Å²) >= 11 is 0. The number of aliphatic hydroxyl groups is 1. The number of likely N-dealkylation sites (tertiary alicyclic amines) is 1. The smallest absolute Gasteiger partial charge is 0.292 e. The van der Waals surface area contributed by atoms with Crippen LogP contribution in [-0.2, 0) is 0 Å². The maximum absolute atomic E-state index is 12.4. The predicted octanol–water partition coefficient (Wildman–Crippen LogP) is 2.49. The molecular formula is C17H20N2O3. The lowest BCUT2D eigenvalue weighted by molar-refractivity contribution is 0.0611. The molecule has 1 fully saturated rings. The first-order valence-electron chi connectivity index (χ1n) is 7.61. The average molecular weight is 300 g/mol. The summed E-state index contributed by atoms with van der Waals surface area (Å²) in [6, 6.07) is 9.64. The number of hydrogen-bond donors (Lipinski definition) is 1. The van der Waals surface area contributed by atoms with Gasteiger partial charge < -0.3 is 14.5 Å². The highest BCUT2D eigenvalue weighted by Gasteiger charge is 2.25. The van der Waals surface area contributed by atoms with E-state index in [0.29, 0.717) is 24.7 Å². The molecule has 2 aromatic rings. The summed E-state index contributed by atoms with van der Waals surface area (Å²) in [7, 11) is 0. The third kappa shape index (κ3) is 3.04. The Morgan fingerprint density at radius 3 is 2.64 bits per heavy atom. The molecule has 0 radical (unpaired) electrons. The second kappa shape index (κ2) is 6.32. The number of carbonyl (C=O) groups excluding carboxylic acids is 1. The van der Waals surface area contributed by atoms with Crippen LogP contribution in [0.1, 0.15) is 29.0 Å². The van der Waals surface area contributed by atoms with E-state index in [1.807, 2.05) is 31.2 Å². The van der Waals surface area contributed by atoms with Crippen molar-refractivity contribution in [2.24, 2.45) is 5.92 Å². The molecule has 0 bridgehead atoms. The summed E-state index contributed by atoms with van der Waals surface area (Å²) in [6.45, 7) is 3.54. The van der Waals surface area contributed by atoms with Gasteiger partial charge in [0.1, 0.15) is 5.69 Å². The minimum absolute atomic E-state index is 0.123. The second-order valence-corrected chi connectivity index (χ2v) is 5.86. The largest absolute Gasteiger partial charge is 0.396 e. The third-order valence-corrected chi connectivity index (χ3v) is 4.23. The molecule has 1 amide bonds. The van der Waals surface area contributed by atoms with E-state index in [-0.39, 0.29) is 18.3 Å². The van der Waals surface area contributed by atoms with E-state index in [9.17, 15) is 4.79 Å². The second-order valence-electron chi connectivity index (χ2n) is 5.86. The predicted molar refractivity (Wildman–Crippen MR) is 82.4 cm³/mol. The maximum Gasteiger partial charge on any atom is 0.292 e. The SMILES string of the molecule is Cc1ccc(-c2cc(C(=O)N3CCC(CO)CC3)on2)cc1. The average Bonchev–Trinajstić information content (AvgIpc) is 3.05. The van der Waals surface area contributed by atoms with E-state index in [1.165, 1.54) is 5.56 Å². The molecule has 0 spiro atoms. The van der Waals surface area contributed by atoms with Crippen molar-refractivity contribution in [3.8, 4) is 11.3 Å². The highest BCUT2D eigenvalue weighted by atomic mass is 16.5. The van der Waals surface area contributed by atoms with Crippen molar-refractivity contribution in [1.82, 2.24) is 10.1 Å². The van der Waals surface area contributed by atoms with Crippen LogP contribution in [-0.4, -0.2) is 40.8 Å². The van der Waals surface area contributed by atoms with E-state index in [2.05, 4.69) is 5.16 Å². The number of aliphatic hydroxyl groups excluding tert-OH is 1. The number of benzene rings is 1. The molecule has 22 heavy (non-hydrogen) atoms. The molecule has 1 saturated heterocycles. The Morgan fingerprint density at radius 2 is 2.00 bits per heavy atom. The summed E-state index contributed by atoms with van der Waals surface area (Å²) in [5, 5.41) is 13.2. The maximum atomic E-state index is 12.4. The van der Waals surface area contributed by atoms with Gasteiger partial charge in [-0.05, 0) is 25.7 Å². The number of aryl methyl sites for hydroxylation is 1. The van der Waals surface area contributed by atoms with Gasteiger partial charge in [-0.3, -0.25) is 4.79 Å². The molecule has 116 valence electrons. The van der Waals surface area contributed by atoms with Crippen molar-refractivity contribution in [1.29, 1.82) is 0 Å². The zero-order chi connectivity index (χ0) is 15.5. The molecule has 1 aliphatic heterocycles. The summed E-state index contributed by atoms with van der Waals surface area (Å²) in [5.74, 6) is 0.460. The fourth-order valence-corrected chi connectivity index (χ4v) is 2.71. The van der Waals surface area contributed by atoms with Crippen molar-refractivity contribution in [3.63, 3.8) is 0 Å². The van der Waals surface area contributed by atoms with Gasteiger partial charge >= 0.3 is 0 Å². The van der Waals surface area contributed by atoms with Crippen molar-refractivity contribution in [3.05, 3.63) is 41.7 Å². The van der Waals surface area contributed by atoms with E-state index >= 15 is 0 Å². The van der Waals surface area contributed by atoms with Crippen molar-refractivity contribution in [2.75, 3.05) is 19.7 Å². The molecular weight excluding hydrogens is 280 g/mol. The van der Waals surface area contributed by atoms with Crippen LogP contribution in [0.5, 0.6) is 0 Å². The lowest BCUT2D eigenvalue weighted by Crippen LogP contribution is -2.39. The molecule has 3 rings (SSSR count). The Kier molecular flexibility index (Phi) is 4.24. The van der Waals surface area contributed by atoms with Crippen LogP contribution in [0.2, 0.25) is 0 Å². The summed E-state index contributed by atoms with van der Waals surface area (Å²) in [6.07, 6.45) is 1.67. The van der Waals surface area contributed by atoms with E-state index in [1.54, 1.807) is 11.0 Å². The first-order chi connectivity index (χ1) is 10.7. The van der Waals surface area contributed by atoms with E-state index in [0.717, 1.165) is 18.4 Å². The number of nitrogens with zero attached hydrogens (tertiary/aromatic N) is 2. The van der Waals surface area contributed by atoms with E-state index < -0.39 is 0 Å². The Bertz CT molecular complexity index is 640. The van der Waals surface area contributed by atoms with Crippen LogP contribution >= 0.6 is 0 Å². The molecule has 1 N–H and O–H groups in total. The summed E-state index contributed by atoms with van der Waals surface area (Å²) in [5.41, 5.74) is 2.79. The van der Waals surface area contributed by atoms with Crippen LogP contribution in [0, 0.1) is 12.8 Å². The standard InChI is InChI=1S/C17H20N2O3/c1-12-2-4-14(5-3-12)15-10-16(22-18-15)17(21)19-8-6-13(11-20)7-9-19/h2-5,10,13,20H,6-9,11H2,1H3. The van der Waals surface area contributed by atoms with Crippen LogP contribution < -0.4 is 0 Å². The monoisotopic (exact) mass is 300 g/mol. The molecule has 5 heteroatoms. The molecule has 0 atom stereocenters. The van der Waals surface area contributed by atoms with Gasteiger partial charge in [-0.15, -0.1) is 0 Å². The zero-order valence-corrected chi connectivity index (χ0v) is 12.7.